The molecule has 2 rings (SSSR count). The Balaban J connectivity index is 0. The Kier molecular flexibility index (Phi) is 15.8. The van der Waals surface area contributed by atoms with E-state index in [0.29, 0.717) is 0 Å². The normalized spacial score (nSPS) is 7.41. The summed E-state index contributed by atoms with van der Waals surface area (Å²) in [6, 6.07) is 10.3. The van der Waals surface area contributed by atoms with Crippen molar-refractivity contribution in [3.05, 3.63) is 46.4 Å². The summed E-state index contributed by atoms with van der Waals surface area (Å²) in [5, 5.41) is 8.30. The van der Waals surface area contributed by atoms with Crippen LogP contribution in [-0.2, 0) is 0 Å². The molecule has 1 aromatic heterocycles. The average Bonchev–Trinajstić information content (AvgIpc) is 2.87. The van der Waals surface area contributed by atoms with E-state index in [1.165, 1.54) is 5.56 Å². The van der Waals surface area contributed by atoms with Crippen molar-refractivity contribution in [3.63, 3.8) is 0 Å². The third kappa shape index (κ3) is 12.7. The van der Waals surface area contributed by atoms with Gasteiger partial charge in [0.2, 0.25) is 0 Å². The van der Waals surface area contributed by atoms with Crippen molar-refractivity contribution in [3.8, 4) is 0 Å². The zero-order chi connectivity index (χ0) is 13.5. The minimum atomic E-state index is 1.02. The zero-order valence-electron chi connectivity index (χ0n) is 11.8. The van der Waals surface area contributed by atoms with Crippen LogP contribution >= 0.6 is 11.3 Å². The lowest BCUT2D eigenvalue weighted by Gasteiger charge is -1.82. The number of hydrogen-bond donors (Lipinski definition) is 0. The fraction of sp³-hybridized carbons (Fsp3) is 0.429. The molecule has 17 heavy (non-hydrogen) atoms. The van der Waals surface area contributed by atoms with E-state index in [2.05, 4.69) is 29.3 Å². The van der Waals surface area contributed by atoms with Crippen LogP contribution in [0.1, 0.15) is 38.3 Å². The van der Waals surface area contributed by atoms with Crippen molar-refractivity contribution in [2.75, 3.05) is 0 Å². The van der Waals surface area contributed by atoms with E-state index in [4.69, 9.17) is 0 Å². The van der Waals surface area contributed by atoms with Crippen molar-refractivity contribution in [1.82, 2.24) is 10.2 Å². The number of hydrogen-bond acceptors (Lipinski definition) is 3. The third-order valence-corrected chi connectivity index (χ3v) is 2.03. The average molecular weight is 252 g/mol. The van der Waals surface area contributed by atoms with Crippen LogP contribution < -0.4 is 0 Å². The van der Waals surface area contributed by atoms with Crippen molar-refractivity contribution in [1.29, 1.82) is 0 Å². The topological polar surface area (TPSA) is 25.8 Å². The second-order valence-electron chi connectivity index (χ2n) is 2.61. The van der Waals surface area contributed by atoms with E-state index in [1.807, 2.05) is 52.8 Å². The lowest BCUT2D eigenvalue weighted by molar-refractivity contribution is 1.05. The summed E-state index contributed by atoms with van der Waals surface area (Å²) in [7, 11) is 0. The molecule has 0 aliphatic carbocycles. The van der Waals surface area contributed by atoms with Crippen molar-refractivity contribution in [2.24, 2.45) is 0 Å². The molecule has 0 saturated heterocycles. The maximum Gasteiger partial charge on any atom is 0.114 e. The van der Waals surface area contributed by atoms with Gasteiger partial charge in [-0.15, -0.1) is 21.5 Å². The Labute approximate surface area is 110 Å². The van der Waals surface area contributed by atoms with Gasteiger partial charge in [-0.3, -0.25) is 0 Å². The molecule has 2 nitrogen and oxygen atoms in total. The van der Waals surface area contributed by atoms with Gasteiger partial charge in [-0.05, 0) is 13.8 Å². The molecule has 1 aromatic carbocycles. The number of rotatable bonds is 0. The Morgan fingerprint density at radius 3 is 1.59 bits per heavy atom. The van der Waals surface area contributed by atoms with Crippen molar-refractivity contribution in [2.45, 2.75) is 41.5 Å². The largest absolute Gasteiger partial charge is 0.147 e. The maximum absolute atomic E-state index is 3.69. The third-order valence-electron chi connectivity index (χ3n) is 1.41. The molecule has 0 fully saturated rings. The van der Waals surface area contributed by atoms with Gasteiger partial charge in [-0.25, -0.2) is 0 Å². The molecule has 0 spiro atoms. The summed E-state index contributed by atoms with van der Waals surface area (Å²) in [4.78, 5) is 0. The minimum absolute atomic E-state index is 1.02. The van der Waals surface area contributed by atoms with Crippen LogP contribution in [0.5, 0.6) is 0 Å². The molecule has 0 atom stereocenters. The van der Waals surface area contributed by atoms with Gasteiger partial charge < -0.3 is 0 Å². The standard InChI is InChI=1S/C7H8.C3H4N2S.2C2H6/c1-7-5-3-2-4-6-7;1-3-5-4-2-6-3;2*1-2/h2-6H,1H3;2H,1H3;2*1-2H3. The summed E-state index contributed by atoms with van der Waals surface area (Å²) in [5.41, 5.74) is 3.04. The number of aryl methyl sites for hydroxylation is 2. The predicted molar refractivity (Wildman–Crippen MR) is 78.5 cm³/mol. The molecule has 96 valence electrons. The molecular weight excluding hydrogens is 228 g/mol. The van der Waals surface area contributed by atoms with Crippen LogP contribution in [0, 0.1) is 13.8 Å². The summed E-state index contributed by atoms with van der Waals surface area (Å²) >= 11 is 1.56. The van der Waals surface area contributed by atoms with Gasteiger partial charge >= 0.3 is 0 Å². The Morgan fingerprint density at radius 1 is 0.882 bits per heavy atom. The molecule has 0 radical (unpaired) electrons. The minimum Gasteiger partial charge on any atom is -0.147 e. The van der Waals surface area contributed by atoms with Gasteiger partial charge in [0.1, 0.15) is 10.5 Å². The molecule has 0 aliphatic heterocycles. The molecule has 0 unspecified atom stereocenters. The van der Waals surface area contributed by atoms with Gasteiger partial charge in [0.05, 0.1) is 0 Å². The quantitative estimate of drug-likeness (QED) is 0.667. The molecule has 0 N–H and O–H groups in total. The van der Waals surface area contributed by atoms with E-state index in [1.54, 1.807) is 16.8 Å². The second kappa shape index (κ2) is 14.8. The van der Waals surface area contributed by atoms with Crippen LogP contribution in [0.15, 0.2) is 35.8 Å². The van der Waals surface area contributed by atoms with Crippen LogP contribution in [0.3, 0.4) is 0 Å². The highest BCUT2D eigenvalue weighted by molar-refractivity contribution is 7.09. The first-order valence-corrected chi connectivity index (χ1v) is 6.91. The number of aromatic nitrogens is 2. The molecule has 0 bridgehead atoms. The fourth-order valence-corrected chi connectivity index (χ4v) is 1.10. The summed E-state index contributed by atoms with van der Waals surface area (Å²) < 4.78 is 0. The summed E-state index contributed by atoms with van der Waals surface area (Å²) in [6.07, 6.45) is 0. The Bertz CT molecular complexity index is 317. The SMILES string of the molecule is CC.CC.Cc1ccccc1.Cc1nncs1. The molecule has 2 aromatic rings. The zero-order valence-corrected chi connectivity index (χ0v) is 12.6. The van der Waals surface area contributed by atoms with Crippen LogP contribution in [-0.4, -0.2) is 10.2 Å². The Morgan fingerprint density at radius 2 is 1.41 bits per heavy atom. The van der Waals surface area contributed by atoms with Crippen LogP contribution in [0.25, 0.3) is 0 Å². The highest BCUT2D eigenvalue weighted by Gasteiger charge is 1.78. The van der Waals surface area contributed by atoms with Gasteiger partial charge in [-0.2, -0.15) is 0 Å². The van der Waals surface area contributed by atoms with E-state index < -0.39 is 0 Å². The van der Waals surface area contributed by atoms with E-state index >= 15 is 0 Å². The van der Waals surface area contributed by atoms with Gasteiger partial charge in [0.25, 0.3) is 0 Å². The Hall–Kier alpha value is -1.22. The van der Waals surface area contributed by atoms with E-state index in [-0.39, 0.29) is 0 Å². The highest BCUT2D eigenvalue weighted by atomic mass is 32.1. The van der Waals surface area contributed by atoms with Crippen LogP contribution in [0.2, 0.25) is 0 Å². The smallest absolute Gasteiger partial charge is 0.114 e. The lowest BCUT2D eigenvalue weighted by atomic mass is 10.2. The maximum atomic E-state index is 3.69. The lowest BCUT2D eigenvalue weighted by Crippen LogP contribution is -1.64. The van der Waals surface area contributed by atoms with E-state index in [9.17, 15) is 0 Å². The highest BCUT2D eigenvalue weighted by Crippen LogP contribution is 1.94. The van der Waals surface area contributed by atoms with E-state index in [0.717, 1.165) is 5.01 Å². The second-order valence-corrected chi connectivity index (χ2v) is 3.65. The van der Waals surface area contributed by atoms with Gasteiger partial charge in [0.15, 0.2) is 0 Å². The molecule has 0 saturated carbocycles. The molecule has 3 heteroatoms. The molecule has 0 aliphatic rings. The molecular formula is C14H24N2S. The molecule has 1 heterocycles. The first-order valence-electron chi connectivity index (χ1n) is 6.03. The van der Waals surface area contributed by atoms with Crippen LogP contribution in [0.4, 0.5) is 0 Å². The van der Waals surface area contributed by atoms with Gasteiger partial charge in [0, 0.05) is 0 Å². The summed E-state index contributed by atoms with van der Waals surface area (Å²) in [5.74, 6) is 0. The number of benzene rings is 1. The number of nitrogens with zero attached hydrogens (tertiary/aromatic N) is 2. The van der Waals surface area contributed by atoms with Gasteiger partial charge in [-0.1, -0.05) is 63.6 Å². The monoisotopic (exact) mass is 252 g/mol. The first kappa shape index (κ1) is 18.2. The predicted octanol–water partition coefficient (Wildman–Crippen LogP) is 4.89. The molecule has 0 amide bonds. The van der Waals surface area contributed by atoms with Crippen molar-refractivity contribution < 1.29 is 0 Å². The fourth-order valence-electron chi connectivity index (χ4n) is 0.763. The first-order chi connectivity index (χ1) is 8.29. The summed E-state index contributed by atoms with van der Waals surface area (Å²) in [6.45, 7) is 12.0. The van der Waals surface area contributed by atoms with Crippen molar-refractivity contribution >= 4 is 11.3 Å².